The van der Waals surface area contributed by atoms with Gasteiger partial charge in [0.1, 0.15) is 5.82 Å². The van der Waals surface area contributed by atoms with Crippen molar-refractivity contribution in [2.45, 2.75) is 38.6 Å². The summed E-state index contributed by atoms with van der Waals surface area (Å²) in [5.74, 6) is -4.80. The first-order valence-electron chi connectivity index (χ1n) is 6.79. The van der Waals surface area contributed by atoms with Gasteiger partial charge in [0.25, 0.3) is 0 Å². The van der Waals surface area contributed by atoms with E-state index in [1.54, 1.807) is 0 Å². The first-order chi connectivity index (χ1) is 10.3. The molecule has 0 aliphatic rings. The number of hydrogen-bond acceptors (Lipinski definition) is 3. The van der Waals surface area contributed by atoms with Crippen molar-refractivity contribution in [3.05, 3.63) is 34.4 Å². The lowest BCUT2D eigenvalue weighted by Crippen LogP contribution is -2.42. The molecule has 4 nitrogen and oxygen atoms in total. The van der Waals surface area contributed by atoms with Crippen molar-refractivity contribution in [2.75, 3.05) is 0 Å². The lowest BCUT2D eigenvalue weighted by molar-refractivity contribution is -0.146. The minimum atomic E-state index is -2.39. The number of carboxylic acids is 1. The van der Waals surface area contributed by atoms with Gasteiger partial charge in [-0.25, -0.2) is 18.4 Å². The minimum absolute atomic E-state index is 0.319. The molecule has 0 amide bonds. The van der Waals surface area contributed by atoms with Crippen LogP contribution in [-0.2, 0) is 15.1 Å². The zero-order chi connectivity index (χ0) is 16.9. The molecule has 2 atom stereocenters. The molecule has 1 aromatic carbocycles. The van der Waals surface area contributed by atoms with Gasteiger partial charge in [-0.3, -0.25) is 0 Å². The summed E-state index contributed by atoms with van der Waals surface area (Å²) >= 11 is 5.63. The van der Waals surface area contributed by atoms with Crippen LogP contribution in [0.5, 0.6) is 0 Å². The summed E-state index contributed by atoms with van der Waals surface area (Å²) in [6.45, 7) is 3.36. The number of isocyanates is 1. The van der Waals surface area contributed by atoms with Crippen LogP contribution in [0, 0.1) is 17.6 Å². The molecule has 1 N–H and O–H groups in total. The quantitative estimate of drug-likeness (QED) is 0.465. The van der Waals surface area contributed by atoms with Gasteiger partial charge in [0.2, 0.25) is 11.6 Å². The van der Waals surface area contributed by atoms with Gasteiger partial charge < -0.3 is 5.11 Å². The van der Waals surface area contributed by atoms with Crippen LogP contribution in [-0.4, -0.2) is 17.2 Å². The monoisotopic (exact) mass is 331 g/mol. The van der Waals surface area contributed by atoms with Crippen molar-refractivity contribution < 1.29 is 23.5 Å². The molecule has 0 spiro atoms. The normalized spacial score (nSPS) is 14.8. The van der Waals surface area contributed by atoms with E-state index >= 15 is 0 Å². The summed E-state index contributed by atoms with van der Waals surface area (Å²) in [7, 11) is 0. The molecule has 0 fully saturated rings. The molecule has 7 heteroatoms. The number of rotatable bonds is 7. The van der Waals surface area contributed by atoms with Crippen LogP contribution in [0.2, 0.25) is 5.02 Å². The van der Waals surface area contributed by atoms with E-state index < -0.39 is 39.6 Å². The molecule has 120 valence electrons. The van der Waals surface area contributed by atoms with Gasteiger partial charge in [-0.1, -0.05) is 38.3 Å². The zero-order valence-electron chi connectivity index (χ0n) is 12.2. The van der Waals surface area contributed by atoms with Crippen LogP contribution in [0.15, 0.2) is 17.1 Å². The summed E-state index contributed by atoms with van der Waals surface area (Å²) in [5.41, 5.74) is -3.23. The van der Waals surface area contributed by atoms with Gasteiger partial charge >= 0.3 is 5.97 Å². The molecule has 1 aromatic rings. The number of carbonyl (C=O) groups is 1. The predicted molar refractivity (Wildman–Crippen MR) is 77.5 cm³/mol. The number of nitrogens with zero attached hydrogens (tertiary/aromatic N) is 1. The lowest BCUT2D eigenvalue weighted by atomic mass is 9.76. The standard InChI is InChI=1S/C15H16ClF2NO3/c1-3-4-5-9(2)15(14(21)22,19-8-20)12-11(17)7-6-10(16)13(12)18/h6-7,9H,3-5H2,1-2H3,(H,21,22). The number of aliphatic imine (C=N–C) groups is 1. The second kappa shape index (κ2) is 7.47. The maximum absolute atomic E-state index is 14.3. The molecule has 0 radical (unpaired) electrons. The fraction of sp³-hybridized carbons (Fsp3) is 0.467. The van der Waals surface area contributed by atoms with Crippen molar-refractivity contribution in [3.63, 3.8) is 0 Å². The van der Waals surface area contributed by atoms with Gasteiger partial charge in [0, 0.05) is 0 Å². The third-order valence-electron chi connectivity index (χ3n) is 3.68. The zero-order valence-corrected chi connectivity index (χ0v) is 13.0. The Morgan fingerprint density at radius 2 is 2.14 bits per heavy atom. The Kier molecular flexibility index (Phi) is 6.21. The van der Waals surface area contributed by atoms with Crippen molar-refractivity contribution in [1.29, 1.82) is 0 Å². The third kappa shape index (κ3) is 3.18. The van der Waals surface area contributed by atoms with Gasteiger partial charge in [-0.15, -0.1) is 0 Å². The second-order valence-electron chi connectivity index (χ2n) is 5.04. The molecule has 2 unspecified atom stereocenters. The highest BCUT2D eigenvalue weighted by Gasteiger charge is 2.49. The van der Waals surface area contributed by atoms with Crippen LogP contribution < -0.4 is 0 Å². The molecule has 0 bridgehead atoms. The van der Waals surface area contributed by atoms with Gasteiger partial charge in [-0.05, 0) is 24.5 Å². The van der Waals surface area contributed by atoms with E-state index in [0.29, 0.717) is 12.8 Å². The largest absolute Gasteiger partial charge is 0.479 e. The van der Waals surface area contributed by atoms with E-state index in [0.717, 1.165) is 24.6 Å². The van der Waals surface area contributed by atoms with E-state index in [1.165, 1.54) is 6.92 Å². The average Bonchev–Trinajstić information content (AvgIpc) is 2.47. The highest BCUT2D eigenvalue weighted by molar-refractivity contribution is 6.30. The number of hydrogen-bond donors (Lipinski definition) is 1. The first kappa shape index (κ1) is 18.3. The fourth-order valence-corrected chi connectivity index (χ4v) is 2.60. The summed E-state index contributed by atoms with van der Waals surface area (Å²) in [4.78, 5) is 25.8. The Balaban J connectivity index is 3.67. The van der Waals surface area contributed by atoms with Crippen LogP contribution in [0.3, 0.4) is 0 Å². The van der Waals surface area contributed by atoms with E-state index in [2.05, 4.69) is 4.99 Å². The Labute approximate surface area is 131 Å². The Morgan fingerprint density at radius 3 is 2.64 bits per heavy atom. The molecule has 0 heterocycles. The summed E-state index contributed by atoms with van der Waals surface area (Å²) in [6, 6.07) is 1.83. The average molecular weight is 332 g/mol. The first-order valence-corrected chi connectivity index (χ1v) is 7.17. The molecule has 0 aromatic heterocycles. The Morgan fingerprint density at radius 1 is 1.50 bits per heavy atom. The molecule has 0 saturated carbocycles. The highest BCUT2D eigenvalue weighted by atomic mass is 35.5. The molecular formula is C15H16ClF2NO3. The van der Waals surface area contributed by atoms with Crippen molar-refractivity contribution in [1.82, 2.24) is 0 Å². The van der Waals surface area contributed by atoms with Gasteiger partial charge in [-0.2, -0.15) is 4.99 Å². The number of benzene rings is 1. The number of halogens is 3. The topological polar surface area (TPSA) is 66.7 Å². The minimum Gasteiger partial charge on any atom is -0.479 e. The maximum Gasteiger partial charge on any atom is 0.337 e. The number of unbranched alkanes of at least 4 members (excludes halogenated alkanes) is 1. The third-order valence-corrected chi connectivity index (χ3v) is 3.97. The van der Waals surface area contributed by atoms with Crippen molar-refractivity contribution in [2.24, 2.45) is 10.9 Å². The molecular weight excluding hydrogens is 316 g/mol. The fourth-order valence-electron chi connectivity index (χ4n) is 2.45. The maximum atomic E-state index is 14.3. The van der Waals surface area contributed by atoms with Crippen LogP contribution in [0.4, 0.5) is 8.78 Å². The summed E-state index contributed by atoms with van der Waals surface area (Å²) in [5, 5.41) is 9.13. The highest BCUT2D eigenvalue weighted by Crippen LogP contribution is 2.41. The van der Waals surface area contributed by atoms with Gasteiger partial charge in [0.05, 0.1) is 10.6 Å². The van der Waals surface area contributed by atoms with Crippen LogP contribution in [0.1, 0.15) is 38.7 Å². The second-order valence-corrected chi connectivity index (χ2v) is 5.44. The van der Waals surface area contributed by atoms with E-state index in [1.807, 2.05) is 6.92 Å². The SMILES string of the molecule is CCCCC(C)C(N=C=O)(C(=O)O)c1c(F)ccc(Cl)c1F. The van der Waals surface area contributed by atoms with Crippen LogP contribution in [0.25, 0.3) is 0 Å². The molecule has 0 aliphatic carbocycles. The summed E-state index contributed by atoms with van der Waals surface area (Å²) in [6.07, 6.45) is 2.83. The lowest BCUT2D eigenvalue weighted by Gasteiger charge is -2.31. The van der Waals surface area contributed by atoms with E-state index in [9.17, 15) is 23.5 Å². The predicted octanol–water partition coefficient (Wildman–Crippen LogP) is 4.06. The Hall–Kier alpha value is -1.78. The summed E-state index contributed by atoms with van der Waals surface area (Å²) < 4.78 is 28.4. The smallest absolute Gasteiger partial charge is 0.337 e. The molecule has 0 saturated heterocycles. The van der Waals surface area contributed by atoms with Crippen molar-refractivity contribution in [3.8, 4) is 0 Å². The van der Waals surface area contributed by atoms with Gasteiger partial charge in [0.15, 0.2) is 5.82 Å². The molecule has 1 rings (SSSR count). The number of carbonyl (C=O) groups excluding carboxylic acids is 1. The van der Waals surface area contributed by atoms with E-state index in [-0.39, 0.29) is 0 Å². The van der Waals surface area contributed by atoms with Crippen LogP contribution >= 0.6 is 11.6 Å². The molecule has 22 heavy (non-hydrogen) atoms. The van der Waals surface area contributed by atoms with E-state index in [4.69, 9.17) is 11.6 Å². The Bertz CT molecular complexity index is 613. The number of aliphatic carboxylic acids is 1. The molecule has 0 aliphatic heterocycles. The number of carboxylic acid groups (broad SMARTS) is 1. The van der Waals surface area contributed by atoms with Crippen molar-refractivity contribution >= 4 is 23.7 Å².